The van der Waals surface area contributed by atoms with Gasteiger partial charge in [-0.05, 0) is 77.0 Å². The summed E-state index contributed by atoms with van der Waals surface area (Å²) in [6.45, 7) is 1.93. The maximum Gasteiger partial charge on any atom is 0.363 e. The lowest BCUT2D eigenvalue weighted by atomic mass is 10.1. The fraction of sp³-hybridized carbons (Fsp3) is 0.120. The number of aliphatic imine (C=N–C) groups is 1. The van der Waals surface area contributed by atoms with Crippen LogP contribution in [0.3, 0.4) is 0 Å². The smallest absolute Gasteiger partial charge is 0.363 e. The van der Waals surface area contributed by atoms with Crippen LogP contribution >= 0.6 is 34.2 Å². The SMILES string of the molecule is COc1cc(/C=C2\N=C(c3ccc(C)c([N+](=O)[O-])c3)OC2=O)cc(I)c1OCc1cccc(Cl)c1. The van der Waals surface area contributed by atoms with Gasteiger partial charge in [-0.2, -0.15) is 0 Å². The molecule has 0 aliphatic carbocycles. The van der Waals surface area contributed by atoms with Crippen molar-refractivity contribution in [2.24, 2.45) is 4.99 Å². The Morgan fingerprint density at radius 2 is 2.00 bits per heavy atom. The van der Waals surface area contributed by atoms with Crippen molar-refractivity contribution in [3.8, 4) is 11.5 Å². The quantitative estimate of drug-likeness (QED) is 0.106. The number of carbonyl (C=O) groups is 1. The van der Waals surface area contributed by atoms with Gasteiger partial charge in [0.1, 0.15) is 6.61 Å². The van der Waals surface area contributed by atoms with E-state index in [4.69, 9.17) is 25.8 Å². The number of halogens is 2. The molecule has 1 aliphatic heterocycles. The summed E-state index contributed by atoms with van der Waals surface area (Å²) in [4.78, 5) is 27.4. The fourth-order valence-corrected chi connectivity index (χ4v) is 4.37. The third kappa shape index (κ3) is 5.63. The molecule has 3 aromatic carbocycles. The number of ether oxygens (including phenoxy) is 3. The van der Waals surface area contributed by atoms with Crippen molar-refractivity contribution < 1.29 is 23.9 Å². The van der Waals surface area contributed by atoms with Gasteiger partial charge in [0, 0.05) is 22.2 Å². The minimum atomic E-state index is -0.654. The summed E-state index contributed by atoms with van der Waals surface area (Å²) in [5, 5.41) is 11.9. The van der Waals surface area contributed by atoms with Crippen molar-refractivity contribution in [2.45, 2.75) is 13.5 Å². The zero-order valence-electron chi connectivity index (χ0n) is 18.6. The maximum atomic E-state index is 12.4. The van der Waals surface area contributed by atoms with Crippen molar-refractivity contribution in [3.05, 3.63) is 101 Å². The topological polar surface area (TPSA) is 100 Å². The van der Waals surface area contributed by atoms with Gasteiger partial charge < -0.3 is 14.2 Å². The van der Waals surface area contributed by atoms with E-state index in [1.165, 1.54) is 13.2 Å². The Balaban J connectivity index is 1.61. The van der Waals surface area contributed by atoms with Crippen LogP contribution in [0, 0.1) is 20.6 Å². The van der Waals surface area contributed by atoms with E-state index in [0.717, 1.165) is 9.13 Å². The summed E-state index contributed by atoms with van der Waals surface area (Å²) in [6, 6.07) is 15.5. The molecule has 0 aromatic heterocycles. The lowest BCUT2D eigenvalue weighted by molar-refractivity contribution is -0.385. The Morgan fingerprint density at radius 3 is 2.71 bits per heavy atom. The number of esters is 1. The molecule has 0 amide bonds. The molecule has 178 valence electrons. The monoisotopic (exact) mass is 604 g/mol. The molecular weight excluding hydrogens is 587 g/mol. The first-order valence-electron chi connectivity index (χ1n) is 10.3. The second-order valence-electron chi connectivity index (χ2n) is 7.55. The molecule has 0 bridgehead atoms. The third-order valence-electron chi connectivity index (χ3n) is 5.10. The second kappa shape index (κ2) is 10.4. The van der Waals surface area contributed by atoms with Crippen LogP contribution in [0.5, 0.6) is 11.5 Å². The number of benzene rings is 3. The summed E-state index contributed by atoms with van der Waals surface area (Å²) in [5.74, 6) is 0.391. The van der Waals surface area contributed by atoms with Crippen LogP contribution in [-0.4, -0.2) is 23.9 Å². The molecule has 8 nitrogen and oxygen atoms in total. The zero-order valence-corrected chi connectivity index (χ0v) is 21.5. The lowest BCUT2D eigenvalue weighted by Gasteiger charge is -2.14. The predicted octanol–water partition coefficient (Wildman–Crippen LogP) is 6.09. The molecule has 0 radical (unpaired) electrons. The summed E-state index contributed by atoms with van der Waals surface area (Å²) < 4.78 is 17.5. The van der Waals surface area contributed by atoms with Crippen LogP contribution in [-0.2, 0) is 16.1 Å². The highest BCUT2D eigenvalue weighted by atomic mass is 127. The molecule has 0 saturated carbocycles. The first-order chi connectivity index (χ1) is 16.7. The number of nitro benzene ring substituents is 1. The molecule has 0 fully saturated rings. The van der Waals surface area contributed by atoms with Crippen LogP contribution in [0.4, 0.5) is 5.69 Å². The number of methoxy groups -OCH3 is 1. The van der Waals surface area contributed by atoms with Gasteiger partial charge in [-0.3, -0.25) is 10.1 Å². The first-order valence-corrected chi connectivity index (χ1v) is 11.7. The number of nitro groups is 1. The van der Waals surface area contributed by atoms with Crippen LogP contribution < -0.4 is 9.47 Å². The molecule has 3 aromatic rings. The molecule has 0 spiro atoms. The Hall–Kier alpha value is -3.44. The molecule has 1 aliphatic rings. The molecule has 0 N–H and O–H groups in total. The molecule has 0 saturated heterocycles. The normalized spacial score (nSPS) is 14.0. The van der Waals surface area contributed by atoms with Crippen LogP contribution in [0.1, 0.15) is 22.3 Å². The van der Waals surface area contributed by atoms with Gasteiger partial charge in [-0.25, -0.2) is 9.79 Å². The predicted molar refractivity (Wildman–Crippen MR) is 140 cm³/mol. The number of rotatable bonds is 7. The van der Waals surface area contributed by atoms with Gasteiger partial charge >= 0.3 is 5.97 Å². The van der Waals surface area contributed by atoms with E-state index in [1.54, 1.807) is 37.3 Å². The van der Waals surface area contributed by atoms with Crippen LogP contribution in [0.2, 0.25) is 5.02 Å². The summed E-state index contributed by atoms with van der Waals surface area (Å²) >= 11 is 8.17. The van der Waals surface area contributed by atoms with Gasteiger partial charge in [0.25, 0.3) is 5.69 Å². The number of aryl methyl sites for hydroxylation is 1. The number of hydrogen-bond donors (Lipinski definition) is 0. The van der Waals surface area contributed by atoms with Gasteiger partial charge in [0.2, 0.25) is 5.90 Å². The Kier molecular flexibility index (Phi) is 7.37. The minimum Gasteiger partial charge on any atom is -0.493 e. The molecule has 0 atom stereocenters. The molecule has 35 heavy (non-hydrogen) atoms. The van der Waals surface area contributed by atoms with Crippen molar-refractivity contribution >= 4 is 57.8 Å². The van der Waals surface area contributed by atoms with E-state index in [-0.39, 0.29) is 17.3 Å². The van der Waals surface area contributed by atoms with Gasteiger partial charge in [0.15, 0.2) is 17.2 Å². The Morgan fingerprint density at radius 1 is 1.20 bits per heavy atom. The molecule has 4 rings (SSSR count). The van der Waals surface area contributed by atoms with E-state index in [0.29, 0.717) is 39.8 Å². The zero-order chi connectivity index (χ0) is 25.1. The average molecular weight is 605 g/mol. The summed E-state index contributed by atoms with van der Waals surface area (Å²) in [7, 11) is 1.53. The lowest BCUT2D eigenvalue weighted by Crippen LogP contribution is -2.06. The third-order valence-corrected chi connectivity index (χ3v) is 6.14. The molecule has 10 heteroatoms. The highest BCUT2D eigenvalue weighted by Gasteiger charge is 2.26. The van der Waals surface area contributed by atoms with Crippen molar-refractivity contribution in [1.29, 1.82) is 0 Å². The average Bonchev–Trinajstić information content (AvgIpc) is 3.18. The second-order valence-corrected chi connectivity index (χ2v) is 9.15. The highest BCUT2D eigenvalue weighted by Crippen LogP contribution is 2.36. The van der Waals surface area contributed by atoms with Crippen molar-refractivity contribution in [2.75, 3.05) is 7.11 Å². The summed E-state index contributed by atoms with van der Waals surface area (Å²) in [5.41, 5.74) is 2.39. The van der Waals surface area contributed by atoms with Crippen molar-refractivity contribution in [1.82, 2.24) is 0 Å². The van der Waals surface area contributed by atoms with Crippen molar-refractivity contribution in [3.63, 3.8) is 0 Å². The first kappa shape index (κ1) is 24.7. The van der Waals surface area contributed by atoms with E-state index in [1.807, 2.05) is 24.3 Å². The number of carbonyl (C=O) groups excluding carboxylic acids is 1. The van der Waals surface area contributed by atoms with Crippen LogP contribution in [0.15, 0.2) is 65.3 Å². The standard InChI is InChI=1S/C25H18ClIN2O6/c1-14-6-7-17(12-21(14)29(31)32)24-28-20(25(30)35-24)10-16-9-19(27)23(22(11-16)33-2)34-13-15-4-3-5-18(26)8-15/h3-12H,13H2,1-2H3/b20-10-. The molecule has 1 heterocycles. The highest BCUT2D eigenvalue weighted by molar-refractivity contribution is 14.1. The van der Waals surface area contributed by atoms with E-state index in [2.05, 4.69) is 27.6 Å². The number of cyclic esters (lactones) is 1. The van der Waals surface area contributed by atoms with Gasteiger partial charge in [-0.15, -0.1) is 0 Å². The summed E-state index contributed by atoms with van der Waals surface area (Å²) in [6.07, 6.45) is 1.56. The van der Waals surface area contributed by atoms with E-state index in [9.17, 15) is 14.9 Å². The molecular formula is C25H18ClIN2O6. The minimum absolute atomic E-state index is 0.00693. The Labute approximate surface area is 219 Å². The fourth-order valence-electron chi connectivity index (χ4n) is 3.38. The number of hydrogen-bond acceptors (Lipinski definition) is 7. The largest absolute Gasteiger partial charge is 0.493 e. The van der Waals surface area contributed by atoms with Gasteiger partial charge in [-0.1, -0.05) is 29.8 Å². The Bertz CT molecular complexity index is 1400. The van der Waals surface area contributed by atoms with E-state index < -0.39 is 10.9 Å². The van der Waals surface area contributed by atoms with Gasteiger partial charge in [0.05, 0.1) is 15.6 Å². The maximum absolute atomic E-state index is 12.4. The van der Waals surface area contributed by atoms with Crippen LogP contribution in [0.25, 0.3) is 6.08 Å². The molecule has 0 unspecified atom stereocenters. The number of nitrogens with zero attached hydrogens (tertiary/aromatic N) is 2. The van der Waals surface area contributed by atoms with E-state index >= 15 is 0 Å².